The van der Waals surface area contributed by atoms with Crippen LogP contribution >= 0.6 is 24.0 Å². The Kier molecular flexibility index (Phi) is 7.65. The van der Waals surface area contributed by atoms with Gasteiger partial charge in [0.1, 0.15) is 5.69 Å². The van der Waals surface area contributed by atoms with E-state index in [-0.39, 0.29) is 18.3 Å². The van der Waals surface area contributed by atoms with Crippen molar-refractivity contribution < 1.29 is 4.79 Å². The van der Waals surface area contributed by atoms with Crippen LogP contribution in [0.1, 0.15) is 41.1 Å². The third kappa shape index (κ3) is 5.00. The predicted molar refractivity (Wildman–Crippen MR) is 110 cm³/mol. The number of piperidine rings is 1. The van der Waals surface area contributed by atoms with Crippen molar-refractivity contribution in [3.05, 3.63) is 40.3 Å². The maximum Gasteiger partial charge on any atom is 0.274 e. The van der Waals surface area contributed by atoms with Crippen molar-refractivity contribution in [2.24, 2.45) is 5.92 Å². The van der Waals surface area contributed by atoms with E-state index >= 15 is 0 Å². The van der Waals surface area contributed by atoms with Gasteiger partial charge in [-0.2, -0.15) is 5.10 Å². The largest absolute Gasteiger partial charge is 0.337 e. The summed E-state index contributed by atoms with van der Waals surface area (Å²) >= 11 is 6.29. The molecule has 1 saturated heterocycles. The fourth-order valence-corrected chi connectivity index (χ4v) is 3.67. The molecule has 2 aromatic heterocycles. The molecule has 1 fully saturated rings. The van der Waals surface area contributed by atoms with Crippen molar-refractivity contribution in [1.29, 1.82) is 0 Å². The van der Waals surface area contributed by atoms with Crippen LogP contribution in [0.5, 0.6) is 0 Å². The molecule has 0 radical (unpaired) electrons. The molecule has 148 valence electrons. The van der Waals surface area contributed by atoms with Gasteiger partial charge in [-0.25, -0.2) is 9.67 Å². The zero-order valence-corrected chi connectivity index (χ0v) is 17.6. The fourth-order valence-electron chi connectivity index (χ4n) is 3.48. The number of nitrogens with one attached hydrogen (secondary N) is 1. The van der Waals surface area contributed by atoms with Crippen molar-refractivity contribution in [2.75, 3.05) is 26.7 Å². The van der Waals surface area contributed by atoms with E-state index in [1.807, 2.05) is 31.9 Å². The lowest BCUT2D eigenvalue weighted by atomic mass is 9.93. The number of carbonyl (C=O) groups is 1. The summed E-state index contributed by atoms with van der Waals surface area (Å²) in [5.41, 5.74) is 2.20. The van der Waals surface area contributed by atoms with E-state index in [2.05, 4.69) is 15.4 Å². The standard InChI is InChI=1S/C19H26ClN5O.ClH/c1-13-12-14(2)25(23-13)17-5-4-16(20)18(22-17)19(26)24-10-7-15(8-11-24)6-9-21-3;/h4-5,12,15,21H,6-11H2,1-3H3;1H. The maximum absolute atomic E-state index is 13.0. The van der Waals surface area contributed by atoms with Crippen LogP contribution in [0, 0.1) is 19.8 Å². The van der Waals surface area contributed by atoms with Gasteiger partial charge in [-0.05, 0) is 70.8 Å². The SMILES string of the molecule is CNCCC1CCN(C(=O)c2nc(-n3nc(C)cc3C)ccc2Cl)CC1.Cl. The highest BCUT2D eigenvalue weighted by molar-refractivity contribution is 6.33. The quantitative estimate of drug-likeness (QED) is 0.818. The van der Waals surface area contributed by atoms with Gasteiger partial charge in [-0.15, -0.1) is 12.4 Å². The first kappa shape index (κ1) is 21.7. The van der Waals surface area contributed by atoms with E-state index in [4.69, 9.17) is 11.6 Å². The molecular weight excluding hydrogens is 385 g/mol. The Hall–Kier alpha value is -1.63. The number of halogens is 2. The number of carbonyl (C=O) groups excluding carboxylic acids is 1. The summed E-state index contributed by atoms with van der Waals surface area (Å²) in [6.07, 6.45) is 3.22. The third-order valence-electron chi connectivity index (χ3n) is 4.96. The van der Waals surface area contributed by atoms with Gasteiger partial charge in [0.25, 0.3) is 5.91 Å². The van der Waals surface area contributed by atoms with Gasteiger partial charge < -0.3 is 10.2 Å². The zero-order chi connectivity index (χ0) is 18.7. The van der Waals surface area contributed by atoms with Gasteiger partial charge in [0.2, 0.25) is 0 Å². The molecule has 1 N–H and O–H groups in total. The van der Waals surface area contributed by atoms with Crippen LogP contribution < -0.4 is 5.32 Å². The molecule has 3 heterocycles. The molecule has 1 aliphatic rings. The molecule has 0 aliphatic carbocycles. The molecular formula is C19H27Cl2N5O. The van der Waals surface area contributed by atoms with E-state index in [0.29, 0.717) is 22.5 Å². The topological polar surface area (TPSA) is 63.1 Å². The van der Waals surface area contributed by atoms with Crippen LogP contribution in [0.4, 0.5) is 0 Å². The Balaban J connectivity index is 0.00000261. The summed E-state index contributed by atoms with van der Waals surface area (Å²) in [4.78, 5) is 19.3. The summed E-state index contributed by atoms with van der Waals surface area (Å²) in [6, 6.07) is 5.50. The normalized spacial score (nSPS) is 14.9. The molecule has 0 saturated carbocycles. The lowest BCUT2D eigenvalue weighted by molar-refractivity contribution is 0.0681. The molecule has 0 aromatic carbocycles. The molecule has 3 rings (SSSR count). The second kappa shape index (κ2) is 9.53. The lowest BCUT2D eigenvalue weighted by Gasteiger charge is -2.32. The first-order valence-corrected chi connectivity index (χ1v) is 9.51. The van der Waals surface area contributed by atoms with E-state index < -0.39 is 0 Å². The number of aromatic nitrogens is 3. The van der Waals surface area contributed by atoms with Gasteiger partial charge in [-0.3, -0.25) is 4.79 Å². The number of nitrogens with zero attached hydrogens (tertiary/aromatic N) is 4. The summed E-state index contributed by atoms with van der Waals surface area (Å²) in [5.74, 6) is 1.20. The molecule has 27 heavy (non-hydrogen) atoms. The highest BCUT2D eigenvalue weighted by Crippen LogP contribution is 2.24. The minimum absolute atomic E-state index is 0. The molecule has 1 amide bonds. The van der Waals surface area contributed by atoms with Crippen molar-refractivity contribution in [2.45, 2.75) is 33.1 Å². The van der Waals surface area contributed by atoms with Crippen LogP contribution in [0.2, 0.25) is 5.02 Å². The minimum atomic E-state index is -0.0922. The van der Waals surface area contributed by atoms with Crippen molar-refractivity contribution in [3.63, 3.8) is 0 Å². The van der Waals surface area contributed by atoms with E-state index in [1.54, 1.807) is 16.8 Å². The average molecular weight is 412 g/mol. The van der Waals surface area contributed by atoms with Crippen LogP contribution in [-0.4, -0.2) is 52.3 Å². The van der Waals surface area contributed by atoms with E-state index in [1.165, 1.54) is 0 Å². The Morgan fingerprint density at radius 1 is 1.30 bits per heavy atom. The molecule has 6 nitrogen and oxygen atoms in total. The number of rotatable bonds is 5. The second-order valence-electron chi connectivity index (χ2n) is 6.97. The molecule has 0 unspecified atom stereocenters. The number of amides is 1. The lowest BCUT2D eigenvalue weighted by Crippen LogP contribution is -2.39. The van der Waals surface area contributed by atoms with Crippen LogP contribution in [0.15, 0.2) is 18.2 Å². The van der Waals surface area contributed by atoms with Crippen molar-refractivity contribution in [3.8, 4) is 5.82 Å². The van der Waals surface area contributed by atoms with Gasteiger partial charge >= 0.3 is 0 Å². The van der Waals surface area contributed by atoms with Crippen molar-refractivity contribution in [1.82, 2.24) is 25.0 Å². The van der Waals surface area contributed by atoms with Gasteiger partial charge in [0, 0.05) is 18.8 Å². The minimum Gasteiger partial charge on any atom is -0.337 e. The predicted octanol–water partition coefficient (Wildman–Crippen LogP) is 3.42. The third-order valence-corrected chi connectivity index (χ3v) is 5.27. The van der Waals surface area contributed by atoms with Crippen molar-refractivity contribution >= 4 is 29.9 Å². The number of aryl methyl sites for hydroxylation is 2. The molecule has 0 atom stereocenters. The van der Waals surface area contributed by atoms with Gasteiger partial charge in [0.15, 0.2) is 5.82 Å². The first-order chi connectivity index (χ1) is 12.5. The molecule has 2 aromatic rings. The van der Waals surface area contributed by atoms with E-state index in [0.717, 1.165) is 50.3 Å². The van der Waals surface area contributed by atoms with Crippen LogP contribution in [0.25, 0.3) is 5.82 Å². The highest BCUT2D eigenvalue weighted by atomic mass is 35.5. The number of hydrogen-bond acceptors (Lipinski definition) is 4. The number of pyridine rings is 1. The molecule has 8 heteroatoms. The summed E-state index contributed by atoms with van der Waals surface area (Å²) < 4.78 is 1.74. The molecule has 0 spiro atoms. The fraction of sp³-hybridized carbons (Fsp3) is 0.526. The zero-order valence-electron chi connectivity index (χ0n) is 16.0. The van der Waals surface area contributed by atoms with Crippen LogP contribution in [0.3, 0.4) is 0 Å². The molecule has 1 aliphatic heterocycles. The Morgan fingerprint density at radius 2 is 2.00 bits per heavy atom. The van der Waals surface area contributed by atoms with Crippen LogP contribution in [-0.2, 0) is 0 Å². The summed E-state index contributed by atoms with van der Waals surface area (Å²) in [5, 5.41) is 8.02. The van der Waals surface area contributed by atoms with Gasteiger partial charge in [-0.1, -0.05) is 11.6 Å². The maximum atomic E-state index is 13.0. The Bertz CT molecular complexity index is 784. The summed E-state index contributed by atoms with van der Waals surface area (Å²) in [7, 11) is 1.97. The smallest absolute Gasteiger partial charge is 0.274 e. The number of likely N-dealkylation sites (tertiary alicyclic amines) is 1. The average Bonchev–Trinajstić information content (AvgIpc) is 2.98. The van der Waals surface area contributed by atoms with E-state index in [9.17, 15) is 4.79 Å². The Labute approximate surface area is 171 Å². The first-order valence-electron chi connectivity index (χ1n) is 9.13. The Morgan fingerprint density at radius 3 is 2.59 bits per heavy atom. The van der Waals surface area contributed by atoms with Gasteiger partial charge in [0.05, 0.1) is 10.7 Å². The second-order valence-corrected chi connectivity index (χ2v) is 7.37. The monoisotopic (exact) mass is 411 g/mol. The number of hydrogen-bond donors (Lipinski definition) is 1. The highest BCUT2D eigenvalue weighted by Gasteiger charge is 2.26. The molecule has 0 bridgehead atoms. The summed E-state index contributed by atoms with van der Waals surface area (Å²) in [6.45, 7) is 6.44.